The van der Waals surface area contributed by atoms with Gasteiger partial charge in [0.1, 0.15) is 18.0 Å². The van der Waals surface area contributed by atoms with E-state index in [1.165, 1.54) is 31.6 Å². The number of aliphatic hydroxyl groups excluding tert-OH is 1. The van der Waals surface area contributed by atoms with Crippen LogP contribution in [-0.4, -0.2) is 48.1 Å². The van der Waals surface area contributed by atoms with E-state index in [4.69, 9.17) is 14.2 Å². The molecule has 1 aliphatic heterocycles. The molecule has 0 amide bonds. The van der Waals surface area contributed by atoms with Gasteiger partial charge < -0.3 is 24.4 Å². The van der Waals surface area contributed by atoms with Crippen molar-refractivity contribution in [2.24, 2.45) is 11.8 Å². The summed E-state index contributed by atoms with van der Waals surface area (Å²) in [6.07, 6.45) is 4.85. The minimum absolute atomic E-state index is 0.133. The first kappa shape index (κ1) is 19.7. The molecule has 28 heavy (non-hydrogen) atoms. The molecule has 4 atom stereocenters. The molecule has 0 fully saturated rings. The molecule has 1 heterocycles. The van der Waals surface area contributed by atoms with Gasteiger partial charge in [-0.05, 0) is 42.3 Å². The third-order valence-electron chi connectivity index (χ3n) is 4.98. The lowest BCUT2D eigenvalue weighted by atomic mass is 9.80. The Hall–Kier alpha value is -3.06. The zero-order chi connectivity index (χ0) is 20.3. The highest BCUT2D eigenvalue weighted by atomic mass is 16.5. The summed E-state index contributed by atoms with van der Waals surface area (Å²) in [5, 5.41) is 19.0. The zero-order valence-electron chi connectivity index (χ0n) is 15.6. The van der Waals surface area contributed by atoms with E-state index in [-0.39, 0.29) is 30.0 Å². The summed E-state index contributed by atoms with van der Waals surface area (Å²) in [5.74, 6) is -1.78. The summed E-state index contributed by atoms with van der Waals surface area (Å²) in [6, 6.07) is 6.35. The number of aliphatic hydroxyl groups is 1. The van der Waals surface area contributed by atoms with Gasteiger partial charge in [0.15, 0.2) is 0 Å². The molecule has 2 N–H and O–H groups in total. The Balaban J connectivity index is 1.79. The molecule has 2 aliphatic rings. The van der Waals surface area contributed by atoms with Gasteiger partial charge >= 0.3 is 11.9 Å². The lowest BCUT2D eigenvalue weighted by Crippen LogP contribution is -2.39. The topological polar surface area (TPSA) is 102 Å². The van der Waals surface area contributed by atoms with Crippen molar-refractivity contribution in [3.63, 3.8) is 0 Å². The number of hydrogen-bond acceptors (Lipinski definition) is 7. The Bertz CT molecular complexity index is 835. The van der Waals surface area contributed by atoms with E-state index in [1.807, 2.05) is 6.92 Å². The fraction of sp³-hybridized carbons (Fsp3) is 0.333. The number of benzene rings is 1. The van der Waals surface area contributed by atoms with Crippen LogP contribution in [0.5, 0.6) is 5.75 Å². The number of aromatic hydroxyl groups is 1. The Morgan fingerprint density at radius 2 is 1.93 bits per heavy atom. The summed E-state index contributed by atoms with van der Waals surface area (Å²) >= 11 is 0. The maximum atomic E-state index is 12.3. The first-order valence-corrected chi connectivity index (χ1v) is 8.87. The number of methoxy groups -OCH3 is 1. The Morgan fingerprint density at radius 1 is 1.21 bits per heavy atom. The van der Waals surface area contributed by atoms with Crippen molar-refractivity contribution >= 4 is 18.0 Å². The molecular weight excluding hydrogens is 364 g/mol. The van der Waals surface area contributed by atoms with Crippen molar-refractivity contribution in [1.82, 2.24) is 0 Å². The predicted octanol–water partition coefficient (Wildman–Crippen LogP) is 1.96. The van der Waals surface area contributed by atoms with Gasteiger partial charge in [0.2, 0.25) is 0 Å². The van der Waals surface area contributed by atoms with Gasteiger partial charge in [-0.25, -0.2) is 9.59 Å². The molecule has 148 valence electrons. The highest BCUT2D eigenvalue weighted by Crippen LogP contribution is 2.44. The van der Waals surface area contributed by atoms with Crippen LogP contribution in [0.1, 0.15) is 12.5 Å². The van der Waals surface area contributed by atoms with Crippen LogP contribution in [-0.2, 0) is 23.8 Å². The molecule has 3 rings (SSSR count). The Kier molecular flexibility index (Phi) is 5.84. The Morgan fingerprint density at radius 3 is 2.57 bits per heavy atom. The van der Waals surface area contributed by atoms with Crippen LogP contribution in [0.4, 0.5) is 0 Å². The fourth-order valence-electron chi connectivity index (χ4n) is 3.66. The predicted molar refractivity (Wildman–Crippen MR) is 99.8 cm³/mol. The van der Waals surface area contributed by atoms with Crippen molar-refractivity contribution in [1.29, 1.82) is 0 Å². The molecule has 0 aromatic heterocycles. The van der Waals surface area contributed by atoms with Crippen LogP contribution in [0.25, 0.3) is 6.08 Å². The lowest BCUT2D eigenvalue weighted by molar-refractivity contribution is -0.146. The molecule has 1 aromatic carbocycles. The highest BCUT2D eigenvalue weighted by Gasteiger charge is 2.48. The van der Waals surface area contributed by atoms with E-state index in [2.05, 4.69) is 0 Å². The molecule has 0 spiro atoms. The SMILES string of the molecule is COC(=O)C1=COC(C)C2C(CO)=CC(OC(=O)/C=C/c3ccc(O)cc3)C12. The van der Waals surface area contributed by atoms with E-state index < -0.39 is 24.0 Å². The first-order chi connectivity index (χ1) is 13.4. The quantitative estimate of drug-likeness (QED) is 0.453. The van der Waals surface area contributed by atoms with Crippen LogP contribution in [0.2, 0.25) is 0 Å². The second-order valence-electron chi connectivity index (χ2n) is 6.68. The second kappa shape index (κ2) is 8.31. The molecule has 4 unspecified atom stereocenters. The van der Waals surface area contributed by atoms with Gasteiger partial charge in [0.25, 0.3) is 0 Å². The van der Waals surface area contributed by atoms with Crippen molar-refractivity contribution in [2.75, 3.05) is 13.7 Å². The van der Waals surface area contributed by atoms with Crippen molar-refractivity contribution < 1.29 is 34.0 Å². The number of carbonyl (C=O) groups is 2. The van der Waals surface area contributed by atoms with Gasteiger partial charge in [0, 0.05) is 17.9 Å². The molecule has 0 saturated carbocycles. The van der Waals surface area contributed by atoms with Gasteiger partial charge in [-0.2, -0.15) is 0 Å². The van der Waals surface area contributed by atoms with Crippen LogP contribution in [0.15, 0.2) is 53.8 Å². The molecule has 7 nitrogen and oxygen atoms in total. The molecule has 0 radical (unpaired) electrons. The average molecular weight is 386 g/mol. The number of fused-ring (bicyclic) bond motifs is 1. The van der Waals surface area contributed by atoms with Crippen molar-refractivity contribution in [2.45, 2.75) is 19.1 Å². The minimum Gasteiger partial charge on any atom is -0.508 e. The van der Waals surface area contributed by atoms with Crippen LogP contribution < -0.4 is 0 Å². The van der Waals surface area contributed by atoms with Gasteiger partial charge in [-0.15, -0.1) is 0 Å². The van der Waals surface area contributed by atoms with Crippen LogP contribution in [0.3, 0.4) is 0 Å². The van der Waals surface area contributed by atoms with Crippen molar-refractivity contribution in [3.8, 4) is 5.75 Å². The lowest BCUT2D eigenvalue weighted by Gasteiger charge is -2.34. The van der Waals surface area contributed by atoms with Crippen LogP contribution in [0, 0.1) is 11.8 Å². The maximum Gasteiger partial charge on any atom is 0.337 e. The molecular formula is C21H22O7. The zero-order valence-corrected chi connectivity index (χ0v) is 15.6. The largest absolute Gasteiger partial charge is 0.508 e. The highest BCUT2D eigenvalue weighted by molar-refractivity contribution is 5.90. The number of carbonyl (C=O) groups excluding carboxylic acids is 2. The maximum absolute atomic E-state index is 12.3. The fourth-order valence-corrected chi connectivity index (χ4v) is 3.66. The average Bonchev–Trinajstić information content (AvgIpc) is 3.06. The summed E-state index contributed by atoms with van der Waals surface area (Å²) in [7, 11) is 1.27. The van der Waals surface area contributed by atoms with Crippen molar-refractivity contribution in [3.05, 3.63) is 59.4 Å². The number of ether oxygens (including phenoxy) is 3. The monoisotopic (exact) mass is 386 g/mol. The second-order valence-corrected chi connectivity index (χ2v) is 6.68. The van der Waals surface area contributed by atoms with Gasteiger partial charge in [-0.1, -0.05) is 12.1 Å². The van der Waals surface area contributed by atoms with Gasteiger partial charge in [-0.3, -0.25) is 0 Å². The first-order valence-electron chi connectivity index (χ1n) is 8.87. The van der Waals surface area contributed by atoms with E-state index >= 15 is 0 Å². The van der Waals surface area contributed by atoms with Crippen LogP contribution >= 0.6 is 0 Å². The van der Waals surface area contributed by atoms with E-state index in [0.717, 1.165) is 5.56 Å². The smallest absolute Gasteiger partial charge is 0.337 e. The molecule has 0 saturated heterocycles. The molecule has 1 aliphatic carbocycles. The normalized spacial score (nSPS) is 26.1. The number of hydrogen-bond donors (Lipinski definition) is 2. The summed E-state index contributed by atoms with van der Waals surface area (Å²) < 4.78 is 15.9. The van der Waals surface area contributed by atoms with E-state index in [1.54, 1.807) is 24.3 Å². The standard InChI is InChI=1S/C21H22O7/c1-12-19-14(10-22)9-17(20(19)16(11-27-12)21(25)26-2)28-18(24)8-5-13-3-6-15(23)7-4-13/h3-9,11-12,17,19-20,22-23H,10H2,1-2H3/b8-5+. The number of rotatable bonds is 5. The Labute approximate surface area is 162 Å². The summed E-state index contributed by atoms with van der Waals surface area (Å²) in [6.45, 7) is 1.61. The number of phenols is 1. The minimum atomic E-state index is -0.721. The third kappa shape index (κ3) is 3.94. The summed E-state index contributed by atoms with van der Waals surface area (Å²) in [5.41, 5.74) is 1.65. The van der Waals surface area contributed by atoms with E-state index in [0.29, 0.717) is 5.57 Å². The number of phenolic OH excluding ortho intramolecular Hbond substituents is 1. The molecule has 0 bridgehead atoms. The van der Waals surface area contributed by atoms with Gasteiger partial charge in [0.05, 0.1) is 25.6 Å². The molecule has 1 aromatic rings. The van der Waals surface area contributed by atoms with E-state index in [9.17, 15) is 19.8 Å². The molecule has 7 heteroatoms. The third-order valence-corrected chi connectivity index (χ3v) is 4.98. The summed E-state index contributed by atoms with van der Waals surface area (Å²) in [4.78, 5) is 24.5. The number of esters is 2.